The fraction of sp³-hybridized carbons (Fsp3) is 0.435. The number of amides is 1. The van der Waals surface area contributed by atoms with Crippen molar-refractivity contribution < 1.29 is 19.0 Å². The van der Waals surface area contributed by atoms with Crippen molar-refractivity contribution in [2.45, 2.75) is 44.4 Å². The number of benzene rings is 2. The molecule has 164 valence electrons. The summed E-state index contributed by atoms with van der Waals surface area (Å²) < 4.78 is 16.6. The molecule has 2 aromatic rings. The molecule has 0 bridgehead atoms. The summed E-state index contributed by atoms with van der Waals surface area (Å²) in [7, 11) is 3.21. The van der Waals surface area contributed by atoms with Gasteiger partial charge in [0.2, 0.25) is 5.91 Å². The number of nitrogens with one attached hydrogen (secondary N) is 1. The van der Waals surface area contributed by atoms with E-state index in [1.807, 2.05) is 30.3 Å². The fourth-order valence-corrected chi connectivity index (χ4v) is 3.72. The van der Waals surface area contributed by atoms with E-state index >= 15 is 0 Å². The van der Waals surface area contributed by atoms with Crippen LogP contribution in [0.5, 0.6) is 11.5 Å². The van der Waals surface area contributed by atoms with Crippen LogP contribution in [0.1, 0.15) is 35.6 Å². The minimum absolute atomic E-state index is 0. The molecule has 0 saturated carbocycles. The third kappa shape index (κ3) is 5.65. The molecule has 1 unspecified atom stereocenters. The SMILES string of the molecule is COc1ccc(C(Cc2ccccc2C)NC(=O)[C@@H]2CC[C@H](CN)O2)cc1OC.Cl. The maximum atomic E-state index is 12.9. The van der Waals surface area contributed by atoms with Gasteiger partial charge in [0, 0.05) is 6.54 Å². The molecule has 3 atom stereocenters. The molecular formula is C23H31ClN2O4. The summed E-state index contributed by atoms with van der Waals surface area (Å²) in [6, 6.07) is 13.7. The van der Waals surface area contributed by atoms with Crippen molar-refractivity contribution in [2.75, 3.05) is 20.8 Å². The van der Waals surface area contributed by atoms with Crippen molar-refractivity contribution in [1.29, 1.82) is 0 Å². The molecule has 3 rings (SSSR count). The summed E-state index contributed by atoms with van der Waals surface area (Å²) in [4.78, 5) is 12.9. The highest BCUT2D eigenvalue weighted by Crippen LogP contribution is 2.32. The number of nitrogens with two attached hydrogens (primary N) is 1. The van der Waals surface area contributed by atoms with Crippen molar-refractivity contribution in [3.63, 3.8) is 0 Å². The highest BCUT2D eigenvalue weighted by Gasteiger charge is 2.31. The van der Waals surface area contributed by atoms with Gasteiger partial charge in [-0.15, -0.1) is 12.4 Å². The van der Waals surface area contributed by atoms with E-state index in [4.69, 9.17) is 19.9 Å². The van der Waals surface area contributed by atoms with Crippen molar-refractivity contribution in [1.82, 2.24) is 5.32 Å². The molecule has 6 nitrogen and oxygen atoms in total. The van der Waals surface area contributed by atoms with Crippen LogP contribution in [0.3, 0.4) is 0 Å². The average Bonchev–Trinajstić information content (AvgIpc) is 3.23. The zero-order chi connectivity index (χ0) is 20.8. The van der Waals surface area contributed by atoms with Crippen LogP contribution in [-0.4, -0.2) is 38.9 Å². The quantitative estimate of drug-likeness (QED) is 0.665. The number of halogens is 1. The summed E-state index contributed by atoms with van der Waals surface area (Å²) in [5, 5.41) is 3.18. The lowest BCUT2D eigenvalue weighted by atomic mass is 9.95. The van der Waals surface area contributed by atoms with E-state index in [0.717, 1.165) is 12.0 Å². The first-order valence-corrected chi connectivity index (χ1v) is 9.98. The largest absolute Gasteiger partial charge is 0.493 e. The van der Waals surface area contributed by atoms with Gasteiger partial charge in [0.25, 0.3) is 0 Å². The molecule has 0 aliphatic carbocycles. The smallest absolute Gasteiger partial charge is 0.249 e. The lowest BCUT2D eigenvalue weighted by Gasteiger charge is -2.23. The Bertz CT molecular complexity index is 846. The van der Waals surface area contributed by atoms with Gasteiger partial charge in [-0.3, -0.25) is 4.79 Å². The Labute approximate surface area is 184 Å². The molecule has 0 radical (unpaired) electrons. The van der Waals surface area contributed by atoms with E-state index in [9.17, 15) is 4.79 Å². The van der Waals surface area contributed by atoms with Crippen LogP contribution in [0, 0.1) is 6.92 Å². The number of hydrogen-bond acceptors (Lipinski definition) is 5. The number of ether oxygens (including phenoxy) is 3. The molecule has 1 aliphatic heterocycles. The van der Waals surface area contributed by atoms with Crippen LogP contribution < -0.4 is 20.5 Å². The first-order valence-electron chi connectivity index (χ1n) is 9.98. The van der Waals surface area contributed by atoms with E-state index in [2.05, 4.69) is 24.4 Å². The van der Waals surface area contributed by atoms with Gasteiger partial charge in [0.15, 0.2) is 11.5 Å². The third-order valence-electron chi connectivity index (χ3n) is 5.47. The van der Waals surface area contributed by atoms with Crippen molar-refractivity contribution in [3.8, 4) is 11.5 Å². The second-order valence-electron chi connectivity index (χ2n) is 7.37. The second kappa shape index (κ2) is 11.2. The number of aryl methyl sites for hydroxylation is 1. The monoisotopic (exact) mass is 434 g/mol. The van der Waals surface area contributed by atoms with Gasteiger partial charge in [-0.05, 0) is 55.0 Å². The van der Waals surface area contributed by atoms with Gasteiger partial charge < -0.3 is 25.3 Å². The maximum absolute atomic E-state index is 12.9. The summed E-state index contributed by atoms with van der Waals surface area (Å²) in [6.45, 7) is 2.51. The molecule has 1 amide bonds. The predicted octanol–water partition coefficient (Wildman–Crippen LogP) is 3.34. The topological polar surface area (TPSA) is 82.8 Å². The normalized spacial score (nSPS) is 18.9. The third-order valence-corrected chi connectivity index (χ3v) is 5.47. The maximum Gasteiger partial charge on any atom is 0.249 e. The van der Waals surface area contributed by atoms with Crippen molar-refractivity contribution >= 4 is 18.3 Å². The Kier molecular flexibility index (Phi) is 8.96. The molecule has 1 heterocycles. The van der Waals surface area contributed by atoms with Gasteiger partial charge in [0.05, 0.1) is 26.4 Å². The van der Waals surface area contributed by atoms with E-state index in [0.29, 0.717) is 30.9 Å². The molecule has 3 N–H and O–H groups in total. The zero-order valence-corrected chi connectivity index (χ0v) is 18.5. The number of hydrogen-bond donors (Lipinski definition) is 2. The molecule has 30 heavy (non-hydrogen) atoms. The van der Waals surface area contributed by atoms with Crippen LogP contribution in [0.25, 0.3) is 0 Å². The lowest BCUT2D eigenvalue weighted by molar-refractivity contribution is -0.132. The Morgan fingerprint density at radius 2 is 1.90 bits per heavy atom. The van der Waals surface area contributed by atoms with Crippen LogP contribution in [0.2, 0.25) is 0 Å². The van der Waals surface area contributed by atoms with Gasteiger partial charge in [-0.1, -0.05) is 30.3 Å². The van der Waals surface area contributed by atoms with Gasteiger partial charge in [0.1, 0.15) is 6.10 Å². The van der Waals surface area contributed by atoms with Crippen LogP contribution in [0.4, 0.5) is 0 Å². The van der Waals surface area contributed by atoms with Gasteiger partial charge >= 0.3 is 0 Å². The molecule has 1 fully saturated rings. The summed E-state index contributed by atoms with van der Waals surface area (Å²) in [6.07, 6.45) is 1.68. The van der Waals surface area contributed by atoms with E-state index in [1.165, 1.54) is 11.1 Å². The number of carbonyl (C=O) groups excluding carboxylic acids is 1. The molecule has 0 spiro atoms. The zero-order valence-electron chi connectivity index (χ0n) is 17.7. The van der Waals surface area contributed by atoms with Crippen LogP contribution in [-0.2, 0) is 16.0 Å². The molecule has 7 heteroatoms. The molecule has 1 aliphatic rings. The van der Waals surface area contributed by atoms with Crippen molar-refractivity contribution in [2.24, 2.45) is 5.73 Å². The summed E-state index contributed by atoms with van der Waals surface area (Å²) in [5.74, 6) is 1.19. The van der Waals surface area contributed by atoms with E-state index < -0.39 is 6.10 Å². The first kappa shape index (κ1) is 24.0. The minimum atomic E-state index is -0.455. The predicted molar refractivity (Wildman–Crippen MR) is 120 cm³/mol. The number of methoxy groups -OCH3 is 2. The van der Waals surface area contributed by atoms with Crippen LogP contribution in [0.15, 0.2) is 42.5 Å². The molecular weight excluding hydrogens is 404 g/mol. The van der Waals surface area contributed by atoms with E-state index in [1.54, 1.807) is 14.2 Å². The Morgan fingerprint density at radius 1 is 1.17 bits per heavy atom. The van der Waals surface area contributed by atoms with Gasteiger partial charge in [-0.25, -0.2) is 0 Å². The Balaban J connectivity index is 0.00000320. The Hall–Kier alpha value is -2.28. The Morgan fingerprint density at radius 3 is 2.53 bits per heavy atom. The lowest BCUT2D eigenvalue weighted by Crippen LogP contribution is -2.38. The highest BCUT2D eigenvalue weighted by molar-refractivity contribution is 5.85. The second-order valence-corrected chi connectivity index (χ2v) is 7.37. The van der Waals surface area contributed by atoms with E-state index in [-0.39, 0.29) is 30.5 Å². The minimum Gasteiger partial charge on any atom is -0.493 e. The molecule has 1 saturated heterocycles. The molecule has 2 aromatic carbocycles. The fourth-order valence-electron chi connectivity index (χ4n) is 3.72. The summed E-state index contributed by atoms with van der Waals surface area (Å²) in [5.41, 5.74) is 9.00. The molecule has 0 aromatic heterocycles. The standard InChI is InChI=1S/C23H30N2O4.ClH/c1-15-6-4-5-7-16(15)12-19(17-8-10-20(27-2)22(13-17)28-3)25-23(26)21-11-9-18(14-24)29-21;/h4-8,10,13,18-19,21H,9,11-12,14,24H2,1-3H3,(H,25,26);1H/t18-,19?,21+;/m1./s1. The summed E-state index contributed by atoms with van der Waals surface area (Å²) >= 11 is 0. The van der Waals surface area contributed by atoms with Crippen molar-refractivity contribution in [3.05, 3.63) is 59.2 Å². The number of rotatable bonds is 8. The number of carbonyl (C=O) groups is 1. The average molecular weight is 435 g/mol. The van der Waals surface area contributed by atoms with Crippen LogP contribution >= 0.6 is 12.4 Å². The van der Waals surface area contributed by atoms with Gasteiger partial charge in [-0.2, -0.15) is 0 Å². The highest BCUT2D eigenvalue weighted by atomic mass is 35.5. The first-order chi connectivity index (χ1) is 14.0.